The van der Waals surface area contributed by atoms with Crippen LogP contribution in [0, 0.1) is 12.8 Å². The number of carbonyl (C=O) groups excluding carboxylic acids is 1. The summed E-state index contributed by atoms with van der Waals surface area (Å²) < 4.78 is 4.80. The molecule has 78 valence electrons. The molecule has 0 unspecified atom stereocenters. The van der Waals surface area contributed by atoms with E-state index in [4.69, 9.17) is 4.52 Å². The molecule has 1 aromatic heterocycles. The lowest BCUT2D eigenvalue weighted by Gasteiger charge is -2.04. The summed E-state index contributed by atoms with van der Waals surface area (Å²) in [6, 6.07) is 1.63. The first-order valence-corrected chi connectivity index (χ1v) is 4.81. The molecule has 4 heteroatoms. The highest BCUT2D eigenvalue weighted by molar-refractivity contribution is 5.92. The van der Waals surface area contributed by atoms with E-state index < -0.39 is 0 Å². The fourth-order valence-electron chi connectivity index (χ4n) is 1.04. The van der Waals surface area contributed by atoms with Gasteiger partial charge in [-0.25, -0.2) is 0 Å². The van der Waals surface area contributed by atoms with Crippen LogP contribution in [0.5, 0.6) is 0 Å². The third-order valence-corrected chi connectivity index (χ3v) is 1.87. The molecule has 0 bridgehead atoms. The first kappa shape index (κ1) is 10.8. The molecule has 14 heavy (non-hydrogen) atoms. The van der Waals surface area contributed by atoms with Crippen LogP contribution in [0.15, 0.2) is 10.6 Å². The number of hydrogen-bond donors (Lipinski definition) is 1. The van der Waals surface area contributed by atoms with E-state index >= 15 is 0 Å². The molecule has 1 aromatic rings. The summed E-state index contributed by atoms with van der Waals surface area (Å²) in [5.74, 6) is 1.08. The fraction of sp³-hybridized carbons (Fsp3) is 0.600. The number of nitrogens with zero attached hydrogens (tertiary/aromatic N) is 1. The van der Waals surface area contributed by atoms with Crippen LogP contribution in [0.4, 0.5) is 0 Å². The summed E-state index contributed by atoms with van der Waals surface area (Å²) in [5, 5.41) is 6.41. The Morgan fingerprint density at radius 2 is 2.36 bits per heavy atom. The molecule has 0 aliphatic rings. The van der Waals surface area contributed by atoms with Crippen LogP contribution < -0.4 is 5.32 Å². The number of hydrogen-bond acceptors (Lipinski definition) is 3. The highest BCUT2D eigenvalue weighted by atomic mass is 16.5. The molecule has 0 saturated heterocycles. The molecule has 1 amide bonds. The van der Waals surface area contributed by atoms with Crippen LogP contribution in [0.3, 0.4) is 0 Å². The second-order valence-electron chi connectivity index (χ2n) is 3.76. The van der Waals surface area contributed by atoms with Gasteiger partial charge in [0.2, 0.25) is 0 Å². The summed E-state index contributed by atoms with van der Waals surface area (Å²) in [4.78, 5) is 11.4. The lowest BCUT2D eigenvalue weighted by atomic mass is 10.1. The summed E-state index contributed by atoms with van der Waals surface area (Å²) >= 11 is 0. The number of aromatic nitrogens is 1. The Morgan fingerprint density at radius 1 is 1.64 bits per heavy atom. The summed E-state index contributed by atoms with van der Waals surface area (Å²) in [5.41, 5.74) is 0.353. The van der Waals surface area contributed by atoms with Crippen molar-refractivity contribution in [2.75, 3.05) is 6.54 Å². The van der Waals surface area contributed by atoms with Gasteiger partial charge in [-0.05, 0) is 19.3 Å². The normalized spacial score (nSPS) is 10.6. The van der Waals surface area contributed by atoms with Gasteiger partial charge in [-0.1, -0.05) is 19.0 Å². The van der Waals surface area contributed by atoms with E-state index in [0.29, 0.717) is 23.9 Å². The molecule has 0 aliphatic carbocycles. The van der Waals surface area contributed by atoms with E-state index in [1.807, 2.05) is 0 Å². The van der Waals surface area contributed by atoms with Crippen molar-refractivity contribution in [3.63, 3.8) is 0 Å². The Labute approximate surface area is 83.7 Å². The van der Waals surface area contributed by atoms with Crippen molar-refractivity contribution < 1.29 is 9.32 Å². The second kappa shape index (κ2) is 4.79. The van der Waals surface area contributed by atoms with Gasteiger partial charge in [0.25, 0.3) is 5.91 Å². The molecule has 0 radical (unpaired) electrons. The lowest BCUT2D eigenvalue weighted by molar-refractivity contribution is 0.0943. The zero-order chi connectivity index (χ0) is 10.6. The molecule has 0 spiro atoms. The third-order valence-electron chi connectivity index (χ3n) is 1.87. The highest BCUT2D eigenvalue weighted by Crippen LogP contribution is 2.01. The van der Waals surface area contributed by atoms with Crippen molar-refractivity contribution in [1.82, 2.24) is 10.5 Å². The average Bonchev–Trinajstić information content (AvgIpc) is 2.51. The standard InChI is InChI=1S/C10H16N2O2/c1-7(2)4-5-11-10(13)9-6-8(3)14-12-9/h6-7H,4-5H2,1-3H3,(H,11,13). The number of aryl methyl sites for hydroxylation is 1. The lowest BCUT2D eigenvalue weighted by Crippen LogP contribution is -2.25. The van der Waals surface area contributed by atoms with Gasteiger partial charge in [0.05, 0.1) is 0 Å². The minimum Gasteiger partial charge on any atom is -0.361 e. The van der Waals surface area contributed by atoms with Crippen LogP contribution in [0.2, 0.25) is 0 Å². The zero-order valence-corrected chi connectivity index (χ0v) is 8.83. The van der Waals surface area contributed by atoms with E-state index in [-0.39, 0.29) is 5.91 Å². The monoisotopic (exact) mass is 196 g/mol. The molecule has 0 aliphatic heterocycles. The van der Waals surface area contributed by atoms with E-state index in [0.717, 1.165) is 6.42 Å². The predicted octanol–water partition coefficient (Wildman–Crippen LogP) is 1.76. The molecule has 0 aromatic carbocycles. The molecule has 1 N–H and O–H groups in total. The Kier molecular flexibility index (Phi) is 3.68. The van der Waals surface area contributed by atoms with Gasteiger partial charge in [-0.2, -0.15) is 0 Å². The van der Waals surface area contributed by atoms with Gasteiger partial charge in [0.1, 0.15) is 5.76 Å². The largest absolute Gasteiger partial charge is 0.361 e. The van der Waals surface area contributed by atoms with Crippen LogP contribution in [-0.2, 0) is 0 Å². The van der Waals surface area contributed by atoms with E-state index in [1.54, 1.807) is 13.0 Å². The second-order valence-corrected chi connectivity index (χ2v) is 3.76. The minimum absolute atomic E-state index is 0.164. The minimum atomic E-state index is -0.164. The molecule has 4 nitrogen and oxygen atoms in total. The molecule has 0 atom stereocenters. The molecule has 1 rings (SSSR count). The summed E-state index contributed by atoms with van der Waals surface area (Å²) in [6.07, 6.45) is 0.975. The van der Waals surface area contributed by atoms with Gasteiger partial charge >= 0.3 is 0 Å². The highest BCUT2D eigenvalue weighted by Gasteiger charge is 2.09. The third kappa shape index (κ3) is 3.20. The summed E-state index contributed by atoms with van der Waals surface area (Å²) in [7, 11) is 0. The van der Waals surface area contributed by atoms with Gasteiger partial charge in [-0.15, -0.1) is 0 Å². The maximum atomic E-state index is 11.4. The Bertz CT molecular complexity index is 305. The van der Waals surface area contributed by atoms with Gasteiger partial charge in [0, 0.05) is 12.6 Å². The van der Waals surface area contributed by atoms with Crippen LogP contribution in [-0.4, -0.2) is 17.6 Å². The van der Waals surface area contributed by atoms with E-state index in [1.165, 1.54) is 0 Å². The average molecular weight is 196 g/mol. The maximum Gasteiger partial charge on any atom is 0.273 e. The topological polar surface area (TPSA) is 55.1 Å². The molecule has 1 heterocycles. The van der Waals surface area contributed by atoms with Gasteiger partial charge < -0.3 is 9.84 Å². The van der Waals surface area contributed by atoms with Crippen molar-refractivity contribution in [2.24, 2.45) is 5.92 Å². The molecular formula is C10H16N2O2. The Morgan fingerprint density at radius 3 is 2.86 bits per heavy atom. The molecule has 0 saturated carbocycles. The van der Waals surface area contributed by atoms with Crippen LogP contribution in [0.1, 0.15) is 36.5 Å². The first-order chi connectivity index (χ1) is 6.59. The SMILES string of the molecule is Cc1cc(C(=O)NCCC(C)C)no1. The van der Waals surface area contributed by atoms with E-state index in [2.05, 4.69) is 24.3 Å². The van der Waals surface area contributed by atoms with Crippen molar-refractivity contribution in [3.05, 3.63) is 17.5 Å². The Hall–Kier alpha value is -1.32. The number of rotatable bonds is 4. The smallest absolute Gasteiger partial charge is 0.273 e. The quantitative estimate of drug-likeness (QED) is 0.798. The number of nitrogens with one attached hydrogen (secondary N) is 1. The summed E-state index contributed by atoms with van der Waals surface area (Å²) in [6.45, 7) is 6.68. The van der Waals surface area contributed by atoms with E-state index in [9.17, 15) is 4.79 Å². The fourth-order valence-corrected chi connectivity index (χ4v) is 1.04. The van der Waals surface area contributed by atoms with Gasteiger partial charge in [-0.3, -0.25) is 4.79 Å². The van der Waals surface area contributed by atoms with Gasteiger partial charge in [0.15, 0.2) is 5.69 Å². The van der Waals surface area contributed by atoms with Crippen LogP contribution >= 0.6 is 0 Å². The predicted molar refractivity (Wildman–Crippen MR) is 53.0 cm³/mol. The van der Waals surface area contributed by atoms with Crippen molar-refractivity contribution in [1.29, 1.82) is 0 Å². The zero-order valence-electron chi connectivity index (χ0n) is 8.83. The molecule has 0 fully saturated rings. The first-order valence-electron chi connectivity index (χ1n) is 4.81. The molecular weight excluding hydrogens is 180 g/mol. The van der Waals surface area contributed by atoms with Crippen LogP contribution in [0.25, 0.3) is 0 Å². The van der Waals surface area contributed by atoms with Crippen molar-refractivity contribution in [2.45, 2.75) is 27.2 Å². The maximum absolute atomic E-state index is 11.4. The number of carbonyl (C=O) groups is 1. The Balaban J connectivity index is 2.36. The van der Waals surface area contributed by atoms with Crippen molar-refractivity contribution >= 4 is 5.91 Å². The van der Waals surface area contributed by atoms with Crippen molar-refractivity contribution in [3.8, 4) is 0 Å². The number of amides is 1.